The molecular weight excluding hydrogens is 490 g/mol. The molecule has 0 aliphatic rings. The van der Waals surface area contributed by atoms with Crippen LogP contribution in [0.2, 0.25) is 12.1 Å². The molecule has 0 atom stereocenters. The molecule has 0 heterocycles. The topological polar surface area (TPSA) is 58.6 Å². The minimum Gasteiger partial charge on any atom is -0.374 e. The van der Waals surface area contributed by atoms with E-state index < -0.39 is 17.6 Å². The Kier molecular flexibility index (Phi) is 24.3. The van der Waals surface area contributed by atoms with Gasteiger partial charge in [-0.15, -0.1) is 0 Å². The Bertz CT molecular complexity index is 404. The van der Waals surface area contributed by atoms with Gasteiger partial charge in [-0.05, 0) is 93.3 Å². The van der Waals surface area contributed by atoms with Crippen LogP contribution in [-0.2, 0) is 26.6 Å². The van der Waals surface area contributed by atoms with Gasteiger partial charge in [-0.25, -0.2) is 0 Å². The van der Waals surface area contributed by atoms with Crippen LogP contribution in [0.5, 0.6) is 0 Å². The predicted octanol–water partition coefficient (Wildman–Crippen LogP) is 6.92. The second-order valence-corrected chi connectivity index (χ2v) is 14.6. The lowest BCUT2D eigenvalue weighted by molar-refractivity contribution is 0.0698. The lowest BCUT2D eigenvalue weighted by Crippen LogP contribution is -2.45. The van der Waals surface area contributed by atoms with Crippen LogP contribution in [0.3, 0.4) is 0 Å². The SMILES string of the molecule is CCCN(CCCCCC[Si](OCC)(OCC)OCC)CCCCCC[Si](OCC)(OCC)OCC. The van der Waals surface area contributed by atoms with E-state index in [1.807, 2.05) is 41.5 Å². The molecular formula is C27H61NO6Si2. The van der Waals surface area contributed by atoms with Crippen LogP contribution in [0.4, 0.5) is 0 Å². The second-order valence-electron chi connectivity index (χ2n) is 9.13. The summed E-state index contributed by atoms with van der Waals surface area (Å²) in [7, 11) is -4.95. The van der Waals surface area contributed by atoms with Crippen molar-refractivity contribution in [2.45, 2.75) is 118 Å². The van der Waals surface area contributed by atoms with Crippen molar-refractivity contribution in [3.8, 4) is 0 Å². The van der Waals surface area contributed by atoms with Gasteiger partial charge in [0, 0.05) is 51.7 Å². The Hall–Kier alpha value is 0.154. The first kappa shape index (κ1) is 36.2. The molecule has 0 spiro atoms. The molecule has 7 nitrogen and oxygen atoms in total. The smallest absolute Gasteiger partial charge is 0.374 e. The second kappa shape index (κ2) is 24.2. The average molecular weight is 552 g/mol. The number of rotatable bonds is 28. The van der Waals surface area contributed by atoms with E-state index in [-0.39, 0.29) is 0 Å². The largest absolute Gasteiger partial charge is 0.500 e. The summed E-state index contributed by atoms with van der Waals surface area (Å²) in [4.78, 5) is 2.65. The van der Waals surface area contributed by atoms with Gasteiger partial charge >= 0.3 is 17.6 Å². The molecule has 0 aliphatic carbocycles. The molecule has 0 amide bonds. The summed E-state index contributed by atoms with van der Waals surface area (Å²) >= 11 is 0. The van der Waals surface area contributed by atoms with Gasteiger partial charge in [0.25, 0.3) is 0 Å². The van der Waals surface area contributed by atoms with Gasteiger partial charge in [-0.2, -0.15) is 0 Å². The lowest BCUT2D eigenvalue weighted by atomic mass is 10.1. The number of nitrogens with zero attached hydrogens (tertiary/aromatic N) is 1. The molecule has 0 rings (SSSR count). The zero-order chi connectivity index (χ0) is 27.0. The Labute approximate surface area is 226 Å². The van der Waals surface area contributed by atoms with Crippen LogP contribution in [0.25, 0.3) is 0 Å². The van der Waals surface area contributed by atoms with Crippen molar-refractivity contribution in [3.63, 3.8) is 0 Å². The minimum atomic E-state index is -2.48. The Morgan fingerprint density at radius 1 is 0.389 bits per heavy atom. The third kappa shape index (κ3) is 16.9. The molecule has 0 aromatic heterocycles. The van der Waals surface area contributed by atoms with E-state index in [0.717, 1.165) is 24.9 Å². The van der Waals surface area contributed by atoms with Crippen molar-refractivity contribution in [1.82, 2.24) is 4.90 Å². The molecule has 0 aliphatic heterocycles. The molecule has 0 radical (unpaired) electrons. The van der Waals surface area contributed by atoms with Crippen molar-refractivity contribution < 1.29 is 26.6 Å². The molecule has 0 unspecified atom stereocenters. The average Bonchev–Trinajstić information content (AvgIpc) is 2.84. The van der Waals surface area contributed by atoms with Gasteiger partial charge in [-0.3, -0.25) is 0 Å². The van der Waals surface area contributed by atoms with Crippen molar-refractivity contribution in [2.75, 3.05) is 59.3 Å². The van der Waals surface area contributed by atoms with Crippen molar-refractivity contribution in [1.29, 1.82) is 0 Å². The molecule has 9 heteroatoms. The molecule has 36 heavy (non-hydrogen) atoms. The third-order valence-electron chi connectivity index (χ3n) is 6.14. The van der Waals surface area contributed by atoms with Crippen LogP contribution in [0.15, 0.2) is 0 Å². The summed E-state index contributed by atoms with van der Waals surface area (Å²) in [6.07, 6.45) is 10.9. The van der Waals surface area contributed by atoms with Gasteiger partial charge in [-0.1, -0.05) is 32.6 Å². The van der Waals surface area contributed by atoms with E-state index in [2.05, 4.69) is 11.8 Å². The van der Waals surface area contributed by atoms with Crippen molar-refractivity contribution in [2.24, 2.45) is 0 Å². The Balaban J connectivity index is 4.22. The lowest BCUT2D eigenvalue weighted by Gasteiger charge is -2.28. The van der Waals surface area contributed by atoms with E-state index in [1.165, 1.54) is 64.6 Å². The van der Waals surface area contributed by atoms with Gasteiger partial charge in [0.05, 0.1) is 0 Å². The van der Waals surface area contributed by atoms with Crippen LogP contribution >= 0.6 is 0 Å². The predicted molar refractivity (Wildman–Crippen MR) is 155 cm³/mol. The van der Waals surface area contributed by atoms with E-state index in [4.69, 9.17) is 26.6 Å². The van der Waals surface area contributed by atoms with Crippen LogP contribution in [0, 0.1) is 0 Å². The van der Waals surface area contributed by atoms with E-state index in [1.54, 1.807) is 0 Å². The highest BCUT2D eigenvalue weighted by Gasteiger charge is 2.40. The van der Waals surface area contributed by atoms with Gasteiger partial charge in [0.15, 0.2) is 0 Å². The van der Waals surface area contributed by atoms with Crippen molar-refractivity contribution in [3.05, 3.63) is 0 Å². The molecule has 0 aromatic rings. The van der Waals surface area contributed by atoms with Crippen molar-refractivity contribution >= 4 is 17.6 Å². The molecule has 0 saturated heterocycles. The summed E-state index contributed by atoms with van der Waals surface area (Å²) in [6, 6.07) is 1.86. The highest BCUT2D eigenvalue weighted by molar-refractivity contribution is 6.61. The standard InChI is InChI=1S/C27H61NO6Si2/c1-8-23-28(24-19-15-17-21-26-35(29-9-2,30-10-3)31-11-4)25-20-16-18-22-27-36(32-12-5,33-13-6)34-14-7/h8-27H2,1-7H3. The first-order valence-electron chi connectivity index (χ1n) is 15.1. The number of hydrogen-bond acceptors (Lipinski definition) is 7. The van der Waals surface area contributed by atoms with Gasteiger partial charge in [0.2, 0.25) is 0 Å². The third-order valence-corrected chi connectivity index (χ3v) is 12.4. The maximum atomic E-state index is 5.98. The van der Waals surface area contributed by atoms with Gasteiger partial charge in [0.1, 0.15) is 0 Å². The van der Waals surface area contributed by atoms with Crippen LogP contribution in [-0.4, -0.2) is 81.8 Å². The Morgan fingerprint density at radius 3 is 0.972 bits per heavy atom. The highest BCUT2D eigenvalue weighted by Crippen LogP contribution is 2.22. The molecule has 0 bridgehead atoms. The monoisotopic (exact) mass is 551 g/mol. The first-order valence-corrected chi connectivity index (χ1v) is 18.9. The quantitative estimate of drug-likeness (QED) is 0.0773. The normalized spacial score (nSPS) is 12.7. The highest BCUT2D eigenvalue weighted by atomic mass is 28.4. The fourth-order valence-corrected chi connectivity index (χ4v) is 10.1. The fourth-order valence-electron chi connectivity index (χ4n) is 4.72. The first-order chi connectivity index (χ1) is 17.5. The van der Waals surface area contributed by atoms with E-state index >= 15 is 0 Å². The maximum absolute atomic E-state index is 5.98. The fraction of sp³-hybridized carbons (Fsp3) is 1.00. The molecule has 0 N–H and O–H groups in total. The zero-order valence-corrected chi connectivity index (χ0v) is 27.0. The Morgan fingerprint density at radius 2 is 0.694 bits per heavy atom. The summed E-state index contributed by atoms with van der Waals surface area (Å²) < 4.78 is 35.9. The number of unbranched alkanes of at least 4 members (excludes halogenated alkanes) is 6. The zero-order valence-electron chi connectivity index (χ0n) is 25.0. The molecule has 0 aromatic carbocycles. The van der Waals surface area contributed by atoms with Gasteiger partial charge < -0.3 is 31.5 Å². The molecule has 0 saturated carbocycles. The summed E-state index contributed by atoms with van der Waals surface area (Å²) in [5.74, 6) is 0. The summed E-state index contributed by atoms with van der Waals surface area (Å²) in [5.41, 5.74) is 0. The van der Waals surface area contributed by atoms with Crippen LogP contribution < -0.4 is 0 Å². The number of hydrogen-bond donors (Lipinski definition) is 0. The maximum Gasteiger partial charge on any atom is 0.500 e. The minimum absolute atomic E-state index is 0.659. The summed E-state index contributed by atoms with van der Waals surface area (Å²) in [6.45, 7) is 22.0. The van der Waals surface area contributed by atoms with Crippen LogP contribution in [0.1, 0.15) is 106 Å². The molecule has 0 fully saturated rings. The summed E-state index contributed by atoms with van der Waals surface area (Å²) in [5, 5.41) is 0. The van der Waals surface area contributed by atoms with E-state index in [0.29, 0.717) is 39.6 Å². The molecule has 218 valence electrons. The van der Waals surface area contributed by atoms with E-state index in [9.17, 15) is 0 Å².